The second-order valence-corrected chi connectivity index (χ2v) is 4.27. The average molecular weight is 197 g/mol. The molecule has 2 rings (SSSR count). The van der Waals surface area contributed by atoms with Gasteiger partial charge in [0.2, 0.25) is 0 Å². The molecule has 2 unspecified atom stereocenters. The number of carbonyl (C=O) groups is 1. The van der Waals surface area contributed by atoms with Crippen LogP contribution in [0.15, 0.2) is 0 Å². The summed E-state index contributed by atoms with van der Waals surface area (Å²) in [6, 6.07) is 0.454. The molecule has 4 heteroatoms. The van der Waals surface area contributed by atoms with Crippen LogP contribution in [0.1, 0.15) is 19.8 Å². The van der Waals surface area contributed by atoms with Gasteiger partial charge in [0.25, 0.3) is 0 Å². The molecule has 2 fully saturated rings. The van der Waals surface area contributed by atoms with E-state index in [1.165, 1.54) is 0 Å². The van der Waals surface area contributed by atoms with Crippen molar-refractivity contribution in [3.05, 3.63) is 0 Å². The van der Waals surface area contributed by atoms with Crippen LogP contribution in [0.2, 0.25) is 0 Å². The molecule has 1 heterocycles. The van der Waals surface area contributed by atoms with Crippen LogP contribution in [0.25, 0.3) is 0 Å². The molecule has 0 radical (unpaired) electrons. The third-order valence-corrected chi connectivity index (χ3v) is 3.21. The Morgan fingerprint density at radius 3 is 2.79 bits per heavy atom. The molecule has 0 spiro atoms. The number of hydrogen-bond donors (Lipinski definition) is 3. The minimum absolute atomic E-state index is 0.0119. The standard InChI is InChI=1S/C10H19N3O/c1-2-3-4-12-10(14)13-9-7-5-11-6-8(7)9/h7-9,11H,2-6H2,1H3,(H2,12,13,14). The van der Waals surface area contributed by atoms with Crippen molar-refractivity contribution in [2.75, 3.05) is 19.6 Å². The van der Waals surface area contributed by atoms with Crippen molar-refractivity contribution < 1.29 is 4.79 Å². The third-order valence-electron chi connectivity index (χ3n) is 3.21. The zero-order chi connectivity index (χ0) is 9.97. The van der Waals surface area contributed by atoms with Gasteiger partial charge < -0.3 is 16.0 Å². The van der Waals surface area contributed by atoms with Gasteiger partial charge in [0.15, 0.2) is 0 Å². The summed E-state index contributed by atoms with van der Waals surface area (Å²) in [5.41, 5.74) is 0. The van der Waals surface area contributed by atoms with Gasteiger partial charge >= 0.3 is 6.03 Å². The number of urea groups is 1. The maximum atomic E-state index is 11.4. The molecule has 4 nitrogen and oxygen atoms in total. The van der Waals surface area contributed by atoms with Crippen LogP contribution < -0.4 is 16.0 Å². The lowest BCUT2D eigenvalue weighted by Crippen LogP contribution is -2.40. The maximum Gasteiger partial charge on any atom is 0.315 e. The highest BCUT2D eigenvalue weighted by molar-refractivity contribution is 5.74. The van der Waals surface area contributed by atoms with Gasteiger partial charge in [-0.25, -0.2) is 4.79 Å². The van der Waals surface area contributed by atoms with Crippen LogP contribution in [0.5, 0.6) is 0 Å². The Kier molecular flexibility index (Phi) is 2.91. The molecule has 1 saturated heterocycles. The second-order valence-electron chi connectivity index (χ2n) is 4.27. The van der Waals surface area contributed by atoms with Crippen molar-refractivity contribution in [2.45, 2.75) is 25.8 Å². The zero-order valence-corrected chi connectivity index (χ0v) is 8.68. The van der Waals surface area contributed by atoms with Gasteiger partial charge in [-0.2, -0.15) is 0 Å². The van der Waals surface area contributed by atoms with E-state index in [0.717, 1.165) is 32.5 Å². The van der Waals surface area contributed by atoms with E-state index in [1.807, 2.05) is 0 Å². The van der Waals surface area contributed by atoms with Crippen LogP contribution in [0.3, 0.4) is 0 Å². The molecule has 1 aliphatic carbocycles. The topological polar surface area (TPSA) is 53.2 Å². The minimum Gasteiger partial charge on any atom is -0.338 e. The molecule has 1 aliphatic heterocycles. The molecule has 3 N–H and O–H groups in total. The van der Waals surface area contributed by atoms with Gasteiger partial charge in [0, 0.05) is 25.7 Å². The molecular weight excluding hydrogens is 178 g/mol. The van der Waals surface area contributed by atoms with Crippen LogP contribution >= 0.6 is 0 Å². The van der Waals surface area contributed by atoms with Gasteiger partial charge in [0.05, 0.1) is 0 Å². The Morgan fingerprint density at radius 1 is 1.43 bits per heavy atom. The first-order chi connectivity index (χ1) is 6.83. The van der Waals surface area contributed by atoms with E-state index in [2.05, 4.69) is 22.9 Å². The molecule has 0 aromatic heterocycles. The van der Waals surface area contributed by atoms with Crippen molar-refractivity contribution in [3.63, 3.8) is 0 Å². The summed E-state index contributed by atoms with van der Waals surface area (Å²) in [4.78, 5) is 11.4. The molecule has 2 amide bonds. The molecule has 80 valence electrons. The lowest BCUT2D eigenvalue weighted by atomic mass is 10.3. The average Bonchev–Trinajstić information content (AvgIpc) is 2.64. The highest BCUT2D eigenvalue weighted by Crippen LogP contribution is 2.41. The van der Waals surface area contributed by atoms with Crippen molar-refractivity contribution in [3.8, 4) is 0 Å². The smallest absolute Gasteiger partial charge is 0.315 e. The van der Waals surface area contributed by atoms with E-state index >= 15 is 0 Å². The number of hydrogen-bond acceptors (Lipinski definition) is 2. The molecular formula is C10H19N3O. The lowest BCUT2D eigenvalue weighted by Gasteiger charge is -2.08. The monoisotopic (exact) mass is 197 g/mol. The summed E-state index contributed by atoms with van der Waals surface area (Å²) in [7, 11) is 0. The molecule has 0 aromatic carbocycles. The third kappa shape index (κ3) is 2.00. The van der Waals surface area contributed by atoms with Crippen molar-refractivity contribution >= 4 is 6.03 Å². The fourth-order valence-corrected chi connectivity index (χ4v) is 2.21. The van der Waals surface area contributed by atoms with Crippen molar-refractivity contribution in [1.82, 2.24) is 16.0 Å². The zero-order valence-electron chi connectivity index (χ0n) is 8.68. The van der Waals surface area contributed by atoms with E-state index in [0.29, 0.717) is 17.9 Å². The van der Waals surface area contributed by atoms with Gasteiger partial charge in [0.1, 0.15) is 0 Å². The Morgan fingerprint density at radius 2 is 2.14 bits per heavy atom. The maximum absolute atomic E-state index is 11.4. The Bertz CT molecular complexity index is 209. The highest BCUT2D eigenvalue weighted by atomic mass is 16.2. The number of piperidine rings is 1. The lowest BCUT2D eigenvalue weighted by molar-refractivity contribution is 0.239. The van der Waals surface area contributed by atoms with Gasteiger partial charge in [-0.1, -0.05) is 13.3 Å². The molecule has 0 aromatic rings. The molecule has 2 atom stereocenters. The largest absolute Gasteiger partial charge is 0.338 e. The molecule has 2 aliphatic rings. The van der Waals surface area contributed by atoms with E-state index in [4.69, 9.17) is 0 Å². The van der Waals surface area contributed by atoms with Gasteiger partial charge in [-0.15, -0.1) is 0 Å². The molecule has 0 bridgehead atoms. The SMILES string of the molecule is CCCCNC(=O)NC1C2CNCC21. The van der Waals surface area contributed by atoms with Crippen LogP contribution in [-0.4, -0.2) is 31.7 Å². The minimum atomic E-state index is 0.0119. The first-order valence-corrected chi connectivity index (χ1v) is 5.58. The number of nitrogens with one attached hydrogen (secondary N) is 3. The summed E-state index contributed by atoms with van der Waals surface area (Å²) in [6.45, 7) is 5.06. The fraction of sp³-hybridized carbons (Fsp3) is 0.900. The first-order valence-electron chi connectivity index (χ1n) is 5.58. The first kappa shape index (κ1) is 9.77. The van der Waals surface area contributed by atoms with Gasteiger partial charge in [-0.05, 0) is 18.3 Å². The summed E-state index contributed by atoms with van der Waals surface area (Å²) in [5.74, 6) is 1.40. The second kappa shape index (κ2) is 4.17. The predicted molar refractivity (Wildman–Crippen MR) is 55.1 cm³/mol. The van der Waals surface area contributed by atoms with Gasteiger partial charge in [-0.3, -0.25) is 0 Å². The number of fused-ring (bicyclic) bond motifs is 1. The number of rotatable bonds is 4. The quantitative estimate of drug-likeness (QED) is 0.568. The van der Waals surface area contributed by atoms with Crippen molar-refractivity contribution in [1.29, 1.82) is 0 Å². The Balaban J connectivity index is 1.59. The van der Waals surface area contributed by atoms with Crippen molar-refractivity contribution in [2.24, 2.45) is 11.8 Å². The van der Waals surface area contributed by atoms with E-state index in [1.54, 1.807) is 0 Å². The number of carbonyl (C=O) groups excluding carboxylic acids is 1. The number of unbranched alkanes of at least 4 members (excludes halogenated alkanes) is 1. The van der Waals surface area contributed by atoms with Crippen LogP contribution in [0.4, 0.5) is 4.79 Å². The normalized spacial score (nSPS) is 33.6. The summed E-state index contributed by atoms with van der Waals surface area (Å²) >= 11 is 0. The van der Waals surface area contributed by atoms with E-state index in [9.17, 15) is 4.79 Å². The highest BCUT2D eigenvalue weighted by Gasteiger charge is 2.53. The van der Waals surface area contributed by atoms with Crippen LogP contribution in [-0.2, 0) is 0 Å². The predicted octanol–water partition coefficient (Wildman–Crippen LogP) is 0.304. The van der Waals surface area contributed by atoms with E-state index < -0.39 is 0 Å². The summed E-state index contributed by atoms with van der Waals surface area (Å²) in [6.07, 6.45) is 2.19. The molecule has 1 saturated carbocycles. The summed E-state index contributed by atoms with van der Waals surface area (Å²) < 4.78 is 0. The Hall–Kier alpha value is -0.770. The van der Waals surface area contributed by atoms with Crippen LogP contribution in [0, 0.1) is 11.8 Å². The number of amides is 2. The fourth-order valence-electron chi connectivity index (χ4n) is 2.21. The summed E-state index contributed by atoms with van der Waals surface area (Å²) in [5, 5.41) is 9.20. The molecule has 14 heavy (non-hydrogen) atoms. The van der Waals surface area contributed by atoms with E-state index in [-0.39, 0.29) is 6.03 Å². The Labute approximate surface area is 84.8 Å².